The van der Waals surface area contributed by atoms with Crippen molar-refractivity contribution in [3.05, 3.63) is 59.7 Å². The SMILES string of the molecule is Br.Cc1cccc(CSc2nc3ccccc3[nH]2)c1. The molecule has 98 valence electrons. The van der Waals surface area contributed by atoms with Gasteiger partial charge >= 0.3 is 0 Å². The molecule has 0 amide bonds. The molecule has 19 heavy (non-hydrogen) atoms. The molecule has 0 saturated heterocycles. The maximum Gasteiger partial charge on any atom is 0.166 e. The number of imidazole rings is 1. The van der Waals surface area contributed by atoms with Gasteiger partial charge in [0.1, 0.15) is 0 Å². The number of aromatic amines is 1. The van der Waals surface area contributed by atoms with Gasteiger partial charge in [-0.25, -0.2) is 4.98 Å². The number of nitrogens with one attached hydrogen (secondary N) is 1. The summed E-state index contributed by atoms with van der Waals surface area (Å²) >= 11 is 1.74. The summed E-state index contributed by atoms with van der Waals surface area (Å²) < 4.78 is 0. The zero-order chi connectivity index (χ0) is 12.4. The first-order valence-corrected chi connectivity index (χ1v) is 6.93. The molecule has 0 saturated carbocycles. The van der Waals surface area contributed by atoms with E-state index in [-0.39, 0.29) is 17.0 Å². The van der Waals surface area contributed by atoms with Crippen LogP contribution in [0.5, 0.6) is 0 Å². The van der Waals surface area contributed by atoms with E-state index >= 15 is 0 Å². The number of hydrogen-bond donors (Lipinski definition) is 1. The fourth-order valence-corrected chi connectivity index (χ4v) is 2.78. The lowest BCUT2D eigenvalue weighted by molar-refractivity contribution is 1.08. The molecule has 1 N–H and O–H groups in total. The second-order valence-corrected chi connectivity index (χ2v) is 5.30. The van der Waals surface area contributed by atoms with Crippen molar-refractivity contribution in [2.75, 3.05) is 0 Å². The van der Waals surface area contributed by atoms with E-state index in [2.05, 4.69) is 47.2 Å². The quantitative estimate of drug-likeness (QED) is 0.700. The van der Waals surface area contributed by atoms with Crippen molar-refractivity contribution in [1.29, 1.82) is 0 Å². The largest absolute Gasteiger partial charge is 0.333 e. The van der Waals surface area contributed by atoms with Gasteiger partial charge < -0.3 is 4.98 Å². The van der Waals surface area contributed by atoms with Crippen molar-refractivity contribution in [3.8, 4) is 0 Å². The topological polar surface area (TPSA) is 28.7 Å². The van der Waals surface area contributed by atoms with Crippen molar-refractivity contribution >= 4 is 39.8 Å². The van der Waals surface area contributed by atoms with E-state index < -0.39 is 0 Å². The number of thioether (sulfide) groups is 1. The van der Waals surface area contributed by atoms with Crippen LogP contribution in [0.15, 0.2) is 53.7 Å². The van der Waals surface area contributed by atoms with E-state index in [1.54, 1.807) is 11.8 Å². The summed E-state index contributed by atoms with van der Waals surface area (Å²) in [5, 5.41) is 0.984. The Kier molecular flexibility index (Phi) is 4.66. The van der Waals surface area contributed by atoms with Gasteiger partial charge in [-0.3, -0.25) is 0 Å². The molecule has 1 heterocycles. The predicted octanol–water partition coefficient (Wildman–Crippen LogP) is 4.74. The zero-order valence-electron chi connectivity index (χ0n) is 10.6. The Balaban J connectivity index is 0.00000133. The van der Waals surface area contributed by atoms with Crippen molar-refractivity contribution in [2.24, 2.45) is 0 Å². The highest BCUT2D eigenvalue weighted by Gasteiger charge is 2.02. The number of aryl methyl sites for hydroxylation is 1. The number of H-pyrrole nitrogens is 1. The molecule has 0 spiro atoms. The molecule has 0 aliphatic heterocycles. The van der Waals surface area contributed by atoms with Gasteiger partial charge in [0, 0.05) is 5.75 Å². The summed E-state index contributed by atoms with van der Waals surface area (Å²) in [5.41, 5.74) is 4.77. The van der Waals surface area contributed by atoms with E-state index in [1.807, 2.05) is 18.2 Å². The zero-order valence-corrected chi connectivity index (χ0v) is 13.1. The fraction of sp³-hybridized carbons (Fsp3) is 0.133. The minimum Gasteiger partial charge on any atom is -0.333 e. The summed E-state index contributed by atoms with van der Waals surface area (Å²) in [6, 6.07) is 16.7. The molecule has 1 aromatic heterocycles. The van der Waals surface area contributed by atoms with Crippen LogP contribution < -0.4 is 0 Å². The van der Waals surface area contributed by atoms with E-state index in [0.29, 0.717) is 0 Å². The summed E-state index contributed by atoms with van der Waals surface area (Å²) in [6.45, 7) is 2.12. The average Bonchev–Trinajstić information content (AvgIpc) is 2.79. The van der Waals surface area contributed by atoms with Crippen LogP contribution in [-0.4, -0.2) is 9.97 Å². The van der Waals surface area contributed by atoms with Crippen LogP contribution in [0.25, 0.3) is 11.0 Å². The number of nitrogens with zero attached hydrogens (tertiary/aromatic N) is 1. The molecular formula is C15H15BrN2S. The van der Waals surface area contributed by atoms with E-state index in [1.165, 1.54) is 11.1 Å². The summed E-state index contributed by atoms with van der Waals surface area (Å²) in [7, 11) is 0. The summed E-state index contributed by atoms with van der Waals surface area (Å²) in [6.07, 6.45) is 0. The third-order valence-electron chi connectivity index (χ3n) is 2.83. The van der Waals surface area contributed by atoms with Crippen LogP contribution in [0, 0.1) is 6.92 Å². The third-order valence-corrected chi connectivity index (χ3v) is 3.77. The molecular weight excluding hydrogens is 320 g/mol. The van der Waals surface area contributed by atoms with Crippen LogP contribution in [0.2, 0.25) is 0 Å². The Hall–Kier alpha value is -1.26. The fourth-order valence-electron chi connectivity index (χ4n) is 1.95. The maximum atomic E-state index is 4.56. The Bertz CT molecular complexity index is 645. The van der Waals surface area contributed by atoms with Crippen LogP contribution in [0.1, 0.15) is 11.1 Å². The number of aromatic nitrogens is 2. The van der Waals surface area contributed by atoms with Gasteiger partial charge in [0.05, 0.1) is 11.0 Å². The number of rotatable bonds is 3. The molecule has 0 aliphatic rings. The maximum absolute atomic E-state index is 4.56. The number of fused-ring (bicyclic) bond motifs is 1. The standard InChI is InChI=1S/C15H14N2S.BrH/c1-11-5-4-6-12(9-11)10-18-15-16-13-7-2-3-8-14(13)17-15;/h2-9H,10H2,1H3,(H,16,17);1H. The first kappa shape index (κ1) is 14.2. The Morgan fingerprint density at radius 3 is 2.74 bits per heavy atom. The van der Waals surface area contributed by atoms with Gasteiger partial charge in [0.2, 0.25) is 0 Å². The molecule has 0 atom stereocenters. The van der Waals surface area contributed by atoms with Crippen LogP contribution in [0.3, 0.4) is 0 Å². The second kappa shape index (κ2) is 6.26. The Morgan fingerprint density at radius 1 is 1.11 bits per heavy atom. The molecule has 0 fully saturated rings. The smallest absolute Gasteiger partial charge is 0.166 e. The number of benzene rings is 2. The van der Waals surface area contributed by atoms with Crippen molar-refractivity contribution in [3.63, 3.8) is 0 Å². The molecule has 3 rings (SSSR count). The second-order valence-electron chi connectivity index (χ2n) is 4.34. The minimum atomic E-state index is 0. The van der Waals surface area contributed by atoms with E-state index in [4.69, 9.17) is 0 Å². The highest BCUT2D eigenvalue weighted by molar-refractivity contribution is 8.93. The van der Waals surface area contributed by atoms with Crippen LogP contribution in [0.4, 0.5) is 0 Å². The van der Waals surface area contributed by atoms with Crippen molar-refractivity contribution < 1.29 is 0 Å². The predicted molar refractivity (Wildman–Crippen MR) is 87.2 cm³/mol. The molecule has 0 bridgehead atoms. The van der Waals surface area contributed by atoms with Gasteiger partial charge in [-0.05, 0) is 24.6 Å². The van der Waals surface area contributed by atoms with Gasteiger partial charge in [-0.1, -0.05) is 53.7 Å². The van der Waals surface area contributed by atoms with Gasteiger partial charge in [0.25, 0.3) is 0 Å². The lowest BCUT2D eigenvalue weighted by Gasteiger charge is -2.00. The molecule has 3 aromatic rings. The lowest BCUT2D eigenvalue weighted by Crippen LogP contribution is -1.82. The first-order chi connectivity index (χ1) is 8.81. The summed E-state index contributed by atoms with van der Waals surface area (Å²) in [5.74, 6) is 0.946. The highest BCUT2D eigenvalue weighted by Crippen LogP contribution is 2.23. The molecule has 0 unspecified atom stereocenters. The van der Waals surface area contributed by atoms with Gasteiger partial charge in [-0.15, -0.1) is 17.0 Å². The number of hydrogen-bond acceptors (Lipinski definition) is 2. The molecule has 2 nitrogen and oxygen atoms in total. The average molecular weight is 335 g/mol. The Labute approximate surface area is 127 Å². The van der Waals surface area contributed by atoms with Crippen molar-refractivity contribution in [2.45, 2.75) is 17.8 Å². The normalized spacial score (nSPS) is 10.4. The minimum absolute atomic E-state index is 0. The van der Waals surface area contributed by atoms with Crippen LogP contribution >= 0.6 is 28.7 Å². The van der Waals surface area contributed by atoms with E-state index in [9.17, 15) is 0 Å². The monoisotopic (exact) mass is 334 g/mol. The molecule has 2 aromatic carbocycles. The van der Waals surface area contributed by atoms with Gasteiger partial charge in [-0.2, -0.15) is 0 Å². The number of para-hydroxylation sites is 2. The summed E-state index contributed by atoms with van der Waals surface area (Å²) in [4.78, 5) is 7.89. The van der Waals surface area contributed by atoms with Gasteiger partial charge in [0.15, 0.2) is 5.16 Å². The Morgan fingerprint density at radius 2 is 1.95 bits per heavy atom. The van der Waals surface area contributed by atoms with Crippen LogP contribution in [-0.2, 0) is 5.75 Å². The third kappa shape index (κ3) is 3.39. The number of halogens is 1. The molecule has 0 aliphatic carbocycles. The first-order valence-electron chi connectivity index (χ1n) is 5.94. The highest BCUT2D eigenvalue weighted by atomic mass is 79.9. The molecule has 4 heteroatoms. The lowest BCUT2D eigenvalue weighted by atomic mass is 10.2. The molecule has 0 radical (unpaired) electrons. The van der Waals surface area contributed by atoms with Crippen molar-refractivity contribution in [1.82, 2.24) is 9.97 Å². The van der Waals surface area contributed by atoms with E-state index in [0.717, 1.165) is 21.9 Å².